The minimum atomic E-state index is -1.48. The highest BCUT2D eigenvalue weighted by Crippen LogP contribution is 2.84. The molecule has 2 amide bonds. The van der Waals surface area contributed by atoms with E-state index < -0.39 is 35.0 Å². The predicted octanol–water partition coefficient (Wildman–Crippen LogP) is 1.55. The standard InChI is InChI=1S/C29H32N2O9/c1-5-38-18(32)12-30-26(34)28-22-16-11-17(23(22)29(28,40-28)27(35)31-13-19(33)39-6-2)21-20(16)24(36-3)14-9-7-8-10-15(14)25(21)37-4/h7-10,16-17,22-23H,5-6,11-13H2,1-4H3,(H,30,34)(H,31,35)/t16-,17+,22-,23+,28-,29+. The zero-order valence-corrected chi connectivity index (χ0v) is 22.8. The number of hydrogen-bond donors (Lipinski definition) is 2. The average Bonchev–Trinajstić information content (AvgIpc) is 3.17. The summed E-state index contributed by atoms with van der Waals surface area (Å²) < 4.78 is 28.0. The van der Waals surface area contributed by atoms with E-state index in [1.807, 2.05) is 24.3 Å². The van der Waals surface area contributed by atoms with E-state index in [0.717, 1.165) is 33.4 Å². The van der Waals surface area contributed by atoms with Crippen LogP contribution in [0.15, 0.2) is 24.3 Å². The molecule has 2 aromatic rings. The Morgan fingerprint density at radius 1 is 0.800 bits per heavy atom. The third-order valence-corrected chi connectivity index (χ3v) is 8.95. The van der Waals surface area contributed by atoms with Crippen molar-refractivity contribution in [3.05, 3.63) is 35.4 Å². The van der Waals surface area contributed by atoms with E-state index in [-0.39, 0.29) is 50.0 Å². The first kappa shape index (κ1) is 26.4. The number of methoxy groups -OCH3 is 2. The predicted molar refractivity (Wildman–Crippen MR) is 140 cm³/mol. The number of hydrogen-bond acceptors (Lipinski definition) is 9. The smallest absolute Gasteiger partial charge is 0.325 e. The summed E-state index contributed by atoms with van der Waals surface area (Å²) >= 11 is 0. The highest BCUT2D eigenvalue weighted by molar-refractivity contribution is 6.08. The van der Waals surface area contributed by atoms with Crippen LogP contribution in [0.2, 0.25) is 0 Å². The van der Waals surface area contributed by atoms with Crippen LogP contribution in [0.4, 0.5) is 0 Å². The topological polar surface area (TPSA) is 142 Å². The van der Waals surface area contributed by atoms with Crippen LogP contribution in [0, 0.1) is 11.8 Å². The van der Waals surface area contributed by atoms with Crippen molar-refractivity contribution in [3.63, 3.8) is 0 Å². The first-order valence-electron chi connectivity index (χ1n) is 13.6. The molecule has 0 aromatic heterocycles. The maximum absolute atomic E-state index is 13.7. The summed E-state index contributed by atoms with van der Waals surface area (Å²) in [6.07, 6.45) is 0.691. The minimum absolute atomic E-state index is 0.139. The van der Waals surface area contributed by atoms with Crippen molar-refractivity contribution in [1.29, 1.82) is 0 Å². The number of rotatable bonds is 10. The monoisotopic (exact) mass is 552 g/mol. The first-order valence-corrected chi connectivity index (χ1v) is 13.6. The summed E-state index contributed by atoms with van der Waals surface area (Å²) in [6.45, 7) is 3.02. The molecule has 0 unspecified atom stereocenters. The van der Waals surface area contributed by atoms with Crippen molar-refractivity contribution in [2.24, 2.45) is 11.8 Å². The summed E-state index contributed by atoms with van der Waals surface area (Å²) in [7, 11) is 3.25. The molecule has 6 atom stereocenters. The largest absolute Gasteiger partial charge is 0.496 e. The van der Waals surface area contributed by atoms with Gasteiger partial charge in [-0.05, 0) is 32.1 Å². The lowest BCUT2D eigenvalue weighted by Gasteiger charge is -2.47. The van der Waals surface area contributed by atoms with Gasteiger partial charge in [0.25, 0.3) is 11.8 Å². The summed E-state index contributed by atoms with van der Waals surface area (Å²) in [5.74, 6) is -1.76. The van der Waals surface area contributed by atoms with Crippen LogP contribution in [-0.4, -0.2) is 75.5 Å². The van der Waals surface area contributed by atoms with Gasteiger partial charge in [0.05, 0.1) is 27.4 Å². The van der Waals surface area contributed by atoms with Crippen LogP contribution in [0.1, 0.15) is 43.2 Å². The van der Waals surface area contributed by atoms with Crippen LogP contribution >= 0.6 is 0 Å². The van der Waals surface area contributed by atoms with Gasteiger partial charge < -0.3 is 34.3 Å². The molecule has 2 N–H and O–H groups in total. The number of fused-ring (bicyclic) bond motifs is 12. The molecular weight excluding hydrogens is 520 g/mol. The SMILES string of the molecule is CCOC(=O)CNC(=O)[C@]12O[C@@]1(C(=O)NCC(=O)OCC)[C@H]1[C@@H]2[C@H]2C[C@@H]1c1c2c(OC)c2ccccc2c1OC. The quantitative estimate of drug-likeness (QED) is 0.255. The second-order valence-corrected chi connectivity index (χ2v) is 10.5. The van der Waals surface area contributed by atoms with Crippen LogP contribution in [0.3, 0.4) is 0 Å². The Hall–Kier alpha value is -3.86. The van der Waals surface area contributed by atoms with Gasteiger partial charge in [0, 0.05) is 33.7 Å². The zero-order chi connectivity index (χ0) is 28.4. The van der Waals surface area contributed by atoms with E-state index in [1.165, 1.54) is 0 Å². The number of esters is 2. The van der Waals surface area contributed by atoms with Crippen molar-refractivity contribution in [2.75, 3.05) is 40.5 Å². The van der Waals surface area contributed by atoms with Crippen LogP contribution in [-0.2, 0) is 33.4 Å². The van der Waals surface area contributed by atoms with E-state index in [2.05, 4.69) is 10.6 Å². The molecule has 212 valence electrons. The number of amides is 2. The van der Waals surface area contributed by atoms with Crippen LogP contribution in [0.5, 0.6) is 11.5 Å². The fourth-order valence-corrected chi connectivity index (χ4v) is 7.81. The van der Waals surface area contributed by atoms with E-state index in [0.29, 0.717) is 6.42 Å². The number of ether oxygens (including phenoxy) is 5. The number of carbonyl (C=O) groups excluding carboxylic acids is 4. The van der Waals surface area contributed by atoms with E-state index in [1.54, 1.807) is 28.1 Å². The van der Waals surface area contributed by atoms with E-state index in [4.69, 9.17) is 23.7 Å². The summed E-state index contributed by atoms with van der Waals surface area (Å²) in [5.41, 5.74) is -1.02. The maximum atomic E-state index is 13.7. The molecule has 6 rings (SSSR count). The molecule has 40 heavy (non-hydrogen) atoms. The van der Waals surface area contributed by atoms with Crippen LogP contribution < -0.4 is 20.1 Å². The Bertz CT molecular complexity index is 1340. The van der Waals surface area contributed by atoms with Gasteiger partial charge in [0.1, 0.15) is 24.6 Å². The molecule has 2 aromatic carbocycles. The second kappa shape index (κ2) is 9.36. The number of carbonyl (C=O) groups is 4. The van der Waals surface area contributed by atoms with E-state index in [9.17, 15) is 19.2 Å². The van der Waals surface area contributed by atoms with Crippen molar-refractivity contribution in [3.8, 4) is 11.5 Å². The molecule has 0 radical (unpaired) electrons. The van der Waals surface area contributed by atoms with Gasteiger partial charge in [-0.25, -0.2) is 0 Å². The molecule has 11 nitrogen and oxygen atoms in total. The summed E-state index contributed by atoms with van der Waals surface area (Å²) in [5, 5.41) is 7.06. The number of epoxide rings is 1. The number of benzene rings is 2. The van der Waals surface area contributed by atoms with Gasteiger partial charge in [-0.3, -0.25) is 19.2 Å². The fraction of sp³-hybridized carbons (Fsp3) is 0.517. The molecule has 3 aliphatic carbocycles. The zero-order valence-electron chi connectivity index (χ0n) is 22.8. The summed E-state index contributed by atoms with van der Waals surface area (Å²) in [4.78, 5) is 51.4. The fourth-order valence-electron chi connectivity index (χ4n) is 7.81. The molecule has 1 saturated heterocycles. The molecule has 4 aliphatic rings. The third kappa shape index (κ3) is 3.21. The maximum Gasteiger partial charge on any atom is 0.325 e. The number of nitrogens with one attached hydrogen (secondary N) is 2. The lowest BCUT2D eigenvalue weighted by Crippen LogP contribution is -2.68. The van der Waals surface area contributed by atoms with Crippen molar-refractivity contribution < 1.29 is 42.9 Å². The molecule has 1 heterocycles. The van der Waals surface area contributed by atoms with Gasteiger partial charge >= 0.3 is 11.9 Å². The lowest BCUT2D eigenvalue weighted by molar-refractivity contribution is -0.147. The van der Waals surface area contributed by atoms with E-state index >= 15 is 0 Å². The normalized spacial score (nSPS) is 29.8. The molecule has 3 fully saturated rings. The van der Waals surface area contributed by atoms with Gasteiger partial charge in [0.15, 0.2) is 11.2 Å². The molecule has 0 spiro atoms. The van der Waals surface area contributed by atoms with Gasteiger partial charge in [-0.1, -0.05) is 24.3 Å². The van der Waals surface area contributed by atoms with Crippen molar-refractivity contribution >= 4 is 34.5 Å². The Labute approximate surface area is 230 Å². The first-order chi connectivity index (χ1) is 19.3. The highest BCUT2D eigenvalue weighted by atomic mass is 16.7. The molecular formula is C29H32N2O9. The third-order valence-electron chi connectivity index (χ3n) is 8.95. The summed E-state index contributed by atoms with van der Waals surface area (Å²) in [6, 6.07) is 7.82. The lowest BCUT2D eigenvalue weighted by atomic mass is 9.50. The Kier molecular flexibility index (Phi) is 6.17. The van der Waals surface area contributed by atoms with Gasteiger partial charge in [-0.15, -0.1) is 0 Å². The van der Waals surface area contributed by atoms with Crippen LogP contribution in [0.25, 0.3) is 10.8 Å². The molecule has 2 saturated carbocycles. The highest BCUT2D eigenvalue weighted by Gasteiger charge is 2.98. The Morgan fingerprint density at radius 3 is 1.60 bits per heavy atom. The molecule has 11 heteroatoms. The second-order valence-electron chi connectivity index (χ2n) is 10.5. The minimum Gasteiger partial charge on any atom is -0.496 e. The average molecular weight is 553 g/mol. The van der Waals surface area contributed by atoms with Crippen molar-refractivity contribution in [1.82, 2.24) is 10.6 Å². The Balaban J connectivity index is 1.41. The Morgan fingerprint density at radius 2 is 1.23 bits per heavy atom. The van der Waals surface area contributed by atoms with Gasteiger partial charge in [0.2, 0.25) is 0 Å². The molecule has 1 aliphatic heterocycles. The molecule has 2 bridgehead atoms. The van der Waals surface area contributed by atoms with Crippen molar-refractivity contribution in [2.45, 2.75) is 43.3 Å². The van der Waals surface area contributed by atoms with Gasteiger partial charge in [-0.2, -0.15) is 0 Å².